The third-order valence-corrected chi connectivity index (χ3v) is 3.78. The molecule has 0 bridgehead atoms. The SMILES string of the molecule is CC(C)(C)c1cc[c]([AlH2])c(C(C)(C)C)c1.O.O=P(O)(O)O. The van der Waals surface area contributed by atoms with Crippen molar-refractivity contribution in [3.05, 3.63) is 29.3 Å². The molecule has 0 saturated carbocycles. The van der Waals surface area contributed by atoms with Crippen LogP contribution in [0.15, 0.2) is 18.2 Å². The molecule has 7 heteroatoms. The highest BCUT2D eigenvalue weighted by molar-refractivity contribution is 7.45. The maximum atomic E-state index is 8.88. The van der Waals surface area contributed by atoms with Crippen LogP contribution in [-0.4, -0.2) is 36.4 Å². The van der Waals surface area contributed by atoms with E-state index in [0.717, 1.165) is 16.3 Å². The van der Waals surface area contributed by atoms with E-state index >= 15 is 0 Å². The van der Waals surface area contributed by atoms with Crippen molar-refractivity contribution in [2.45, 2.75) is 52.4 Å². The molecule has 0 spiro atoms. The molecule has 0 fully saturated rings. The number of benzene rings is 1. The summed E-state index contributed by atoms with van der Waals surface area (Å²) in [6.45, 7) is 13.7. The van der Waals surface area contributed by atoms with Gasteiger partial charge in [-0.15, -0.1) is 4.43 Å². The molecule has 1 aromatic rings. The maximum Gasteiger partial charge on any atom is 0.466 e. The molecule has 5 N–H and O–H groups in total. The van der Waals surface area contributed by atoms with Crippen molar-refractivity contribution in [3.8, 4) is 0 Å². The fourth-order valence-electron chi connectivity index (χ4n) is 1.90. The summed E-state index contributed by atoms with van der Waals surface area (Å²) in [4.78, 5) is 21.6. The fourth-order valence-corrected chi connectivity index (χ4v) is 2.96. The smallest absolute Gasteiger partial charge is 0.412 e. The van der Waals surface area contributed by atoms with Gasteiger partial charge >= 0.3 is 7.82 Å². The Morgan fingerprint density at radius 2 is 1.33 bits per heavy atom. The first-order valence-electron chi connectivity index (χ1n) is 6.52. The lowest BCUT2D eigenvalue weighted by Crippen LogP contribution is -2.25. The average Bonchev–Trinajstić information content (AvgIpc) is 2.11. The number of rotatable bonds is 0. The third-order valence-electron chi connectivity index (χ3n) is 2.91. The highest BCUT2D eigenvalue weighted by Gasteiger charge is 2.20. The summed E-state index contributed by atoms with van der Waals surface area (Å²) in [5.74, 6) is 0. The van der Waals surface area contributed by atoms with Gasteiger partial charge in [0.25, 0.3) is 16.3 Å². The second kappa shape index (κ2) is 7.90. The molecule has 0 saturated heterocycles. The molecule has 0 aromatic heterocycles. The van der Waals surface area contributed by atoms with Crippen LogP contribution in [0.1, 0.15) is 52.7 Å². The number of hydrogen-bond acceptors (Lipinski definition) is 1. The Labute approximate surface area is 135 Å². The molecule has 0 unspecified atom stereocenters. The zero-order valence-corrected chi connectivity index (χ0v) is 16.8. The third kappa shape index (κ3) is 10.2. The van der Waals surface area contributed by atoms with Gasteiger partial charge in [-0.3, -0.25) is 0 Å². The standard InChI is InChI=1S/C14H21.Al.H3O4P.H2O.2H/c1-13(2,3)11-8-7-9-12(10-11)14(4,5)6;;1-5(2,3)4;;;/h7-8,10H,1-6H3;;(H3,1,2,3,4);1H2;;. The first kappa shape index (κ1) is 23.1. The lowest BCUT2D eigenvalue weighted by Gasteiger charge is -2.27. The van der Waals surface area contributed by atoms with Crippen LogP contribution in [0.4, 0.5) is 0 Å². The van der Waals surface area contributed by atoms with E-state index in [1.165, 1.54) is 15.6 Å². The molecule has 1 rings (SSSR count). The van der Waals surface area contributed by atoms with Gasteiger partial charge < -0.3 is 20.2 Å². The molecule has 0 aliphatic heterocycles. The lowest BCUT2D eigenvalue weighted by atomic mass is 9.81. The predicted octanol–water partition coefficient (Wildman–Crippen LogP) is 0.787. The molecule has 122 valence electrons. The van der Waals surface area contributed by atoms with Crippen LogP contribution < -0.4 is 4.43 Å². The minimum Gasteiger partial charge on any atom is -0.412 e. The molecule has 0 radical (unpaired) electrons. The molecule has 21 heavy (non-hydrogen) atoms. The normalized spacial score (nSPS) is 12.0. The summed E-state index contributed by atoms with van der Waals surface area (Å²) < 4.78 is 10.4. The van der Waals surface area contributed by atoms with Crippen molar-refractivity contribution in [1.29, 1.82) is 0 Å². The summed E-state index contributed by atoms with van der Waals surface area (Å²) in [6, 6.07) is 7.01. The monoisotopic (exact) mass is 334 g/mol. The van der Waals surface area contributed by atoms with Crippen molar-refractivity contribution in [1.82, 2.24) is 0 Å². The summed E-state index contributed by atoms with van der Waals surface area (Å²) in [7, 11) is -4.64. The van der Waals surface area contributed by atoms with Crippen LogP contribution in [0.5, 0.6) is 0 Å². The Morgan fingerprint density at radius 1 is 0.952 bits per heavy atom. The average molecular weight is 334 g/mol. The van der Waals surface area contributed by atoms with Gasteiger partial charge in [-0.25, -0.2) is 4.57 Å². The van der Waals surface area contributed by atoms with Crippen molar-refractivity contribution in [3.63, 3.8) is 0 Å². The Hall–Kier alpha value is -0.178. The van der Waals surface area contributed by atoms with Gasteiger partial charge in [-0.1, -0.05) is 65.3 Å². The largest absolute Gasteiger partial charge is 0.466 e. The van der Waals surface area contributed by atoms with Crippen LogP contribution in [0.25, 0.3) is 0 Å². The first-order chi connectivity index (χ1) is 8.62. The van der Waals surface area contributed by atoms with Gasteiger partial charge in [0.05, 0.1) is 0 Å². The summed E-state index contributed by atoms with van der Waals surface area (Å²) in [6.07, 6.45) is 0. The van der Waals surface area contributed by atoms with Crippen molar-refractivity contribution in [2.24, 2.45) is 0 Å². The molecule has 0 heterocycles. The lowest BCUT2D eigenvalue weighted by molar-refractivity contribution is 0.275. The predicted molar refractivity (Wildman–Crippen MR) is 89.9 cm³/mol. The van der Waals surface area contributed by atoms with E-state index in [0.29, 0.717) is 0 Å². The van der Waals surface area contributed by atoms with Gasteiger partial charge in [0.15, 0.2) is 0 Å². The Bertz CT molecular complexity index is 489. The zero-order valence-electron chi connectivity index (χ0n) is 13.9. The minimum absolute atomic E-state index is 0. The van der Waals surface area contributed by atoms with E-state index in [9.17, 15) is 0 Å². The van der Waals surface area contributed by atoms with Crippen LogP contribution in [0, 0.1) is 0 Å². The Kier molecular flexibility index (Phi) is 8.68. The molecule has 1 aromatic carbocycles. The van der Waals surface area contributed by atoms with Gasteiger partial charge in [-0.2, -0.15) is 0 Å². The first-order valence-corrected chi connectivity index (χ1v) is 9.09. The maximum absolute atomic E-state index is 8.88. The highest BCUT2D eigenvalue weighted by atomic mass is 31.2. The van der Waals surface area contributed by atoms with Crippen LogP contribution in [0.3, 0.4) is 0 Å². The van der Waals surface area contributed by atoms with E-state index < -0.39 is 7.82 Å². The Morgan fingerprint density at radius 3 is 1.62 bits per heavy atom. The fraction of sp³-hybridized carbons (Fsp3) is 0.571. The second-order valence-electron chi connectivity index (χ2n) is 7.04. The number of phosphoric acid groups is 1. The van der Waals surface area contributed by atoms with Crippen molar-refractivity contribution in [2.75, 3.05) is 0 Å². The van der Waals surface area contributed by atoms with Gasteiger partial charge in [-0.05, 0) is 16.4 Å². The molecule has 0 atom stereocenters. The summed E-state index contributed by atoms with van der Waals surface area (Å²) >= 11 is 1.14. The van der Waals surface area contributed by atoms with Gasteiger partial charge in [0.1, 0.15) is 0 Å². The number of hydrogen-bond donors (Lipinski definition) is 3. The minimum atomic E-state index is -4.64. The quantitative estimate of drug-likeness (QED) is 0.481. The van der Waals surface area contributed by atoms with Crippen LogP contribution in [-0.2, 0) is 15.4 Å². The molecule has 5 nitrogen and oxygen atoms in total. The molecule has 0 aliphatic carbocycles. The van der Waals surface area contributed by atoms with Gasteiger partial charge in [0, 0.05) is 0 Å². The van der Waals surface area contributed by atoms with E-state index in [2.05, 4.69) is 59.7 Å². The van der Waals surface area contributed by atoms with Crippen molar-refractivity contribution >= 4 is 28.5 Å². The van der Waals surface area contributed by atoms with E-state index in [1.807, 2.05) is 0 Å². The second-order valence-corrected chi connectivity index (χ2v) is 9.15. The van der Waals surface area contributed by atoms with E-state index in [4.69, 9.17) is 19.2 Å². The van der Waals surface area contributed by atoms with E-state index in [-0.39, 0.29) is 16.3 Å². The summed E-state index contributed by atoms with van der Waals surface area (Å²) in [5, 5.41) is 0. The molecular formula is C14H28AlO5P. The Balaban J connectivity index is 0. The summed E-state index contributed by atoms with van der Waals surface area (Å²) in [5.41, 5.74) is 3.52. The van der Waals surface area contributed by atoms with E-state index in [1.54, 1.807) is 0 Å². The molecular weight excluding hydrogens is 306 g/mol. The highest BCUT2D eigenvalue weighted by Crippen LogP contribution is 2.27. The molecule has 0 amide bonds. The topological polar surface area (TPSA) is 109 Å². The van der Waals surface area contributed by atoms with Gasteiger partial charge in [0.2, 0.25) is 0 Å². The zero-order chi connectivity index (χ0) is 16.4. The van der Waals surface area contributed by atoms with Crippen LogP contribution in [0.2, 0.25) is 0 Å². The molecule has 0 aliphatic rings. The van der Waals surface area contributed by atoms with Crippen molar-refractivity contribution < 1.29 is 24.7 Å². The van der Waals surface area contributed by atoms with Crippen LogP contribution >= 0.6 is 7.82 Å².